The second kappa shape index (κ2) is 7.81. The molecule has 2 heterocycles. The average molecular weight is 421 g/mol. The van der Waals surface area contributed by atoms with Crippen LogP contribution in [0.5, 0.6) is 0 Å². The minimum absolute atomic E-state index is 0.0731. The molecule has 0 N–H and O–H groups in total. The van der Waals surface area contributed by atoms with Crippen molar-refractivity contribution in [3.63, 3.8) is 0 Å². The lowest BCUT2D eigenvalue weighted by Gasteiger charge is -2.40. The molecule has 2 aliphatic carbocycles. The van der Waals surface area contributed by atoms with E-state index in [2.05, 4.69) is 18.7 Å². The number of allylic oxidation sites excluding steroid dienone is 1. The molecule has 1 saturated heterocycles. The summed E-state index contributed by atoms with van der Waals surface area (Å²) in [5, 5.41) is 0. The Kier molecular flexibility index (Phi) is 5.11. The number of piperazine rings is 1. The first-order chi connectivity index (χ1) is 14.9. The molecule has 6 nitrogen and oxygen atoms in total. The first kappa shape index (κ1) is 20.3. The van der Waals surface area contributed by atoms with Crippen molar-refractivity contribution in [3.05, 3.63) is 35.7 Å². The molecule has 164 valence electrons. The number of rotatable bonds is 4. The number of nitrogens with zero attached hydrogens (tertiary/aromatic N) is 4. The van der Waals surface area contributed by atoms with Gasteiger partial charge in [-0.1, -0.05) is 25.8 Å². The lowest BCUT2D eigenvalue weighted by molar-refractivity contribution is -0.138. The van der Waals surface area contributed by atoms with Crippen molar-refractivity contribution < 1.29 is 9.59 Å². The Labute approximate surface area is 183 Å². The molecule has 0 unspecified atom stereocenters. The standard InChI is InChI=1S/C25H32N4O2/c1-16(2)20-13-18(17-9-10-17)14-21-23(20)26-24(27(21)3)25(31)28-11-12-29(22(30)15-28)19-7-5-4-6-8-19/h13-14,17,19H,1,4-12,15H2,2-3H3. The molecular formula is C25H32N4O2. The first-order valence-electron chi connectivity index (χ1n) is 11.7. The first-order valence-corrected chi connectivity index (χ1v) is 11.7. The maximum atomic E-state index is 13.4. The largest absolute Gasteiger partial charge is 0.336 e. The zero-order chi connectivity index (χ0) is 21.7. The minimum Gasteiger partial charge on any atom is -0.336 e. The van der Waals surface area contributed by atoms with Gasteiger partial charge in [0, 0.05) is 31.7 Å². The highest BCUT2D eigenvalue weighted by molar-refractivity contribution is 5.99. The predicted molar refractivity (Wildman–Crippen MR) is 122 cm³/mol. The van der Waals surface area contributed by atoms with Crippen molar-refractivity contribution in [1.82, 2.24) is 19.4 Å². The van der Waals surface area contributed by atoms with E-state index in [0.717, 1.165) is 35.0 Å². The lowest BCUT2D eigenvalue weighted by Crippen LogP contribution is -2.56. The Morgan fingerprint density at radius 2 is 1.84 bits per heavy atom. The number of hydrogen-bond donors (Lipinski definition) is 0. The van der Waals surface area contributed by atoms with Crippen LogP contribution in [-0.4, -0.2) is 56.8 Å². The van der Waals surface area contributed by atoms with Gasteiger partial charge in [0.15, 0.2) is 5.82 Å². The van der Waals surface area contributed by atoms with Crippen molar-refractivity contribution >= 4 is 28.4 Å². The van der Waals surface area contributed by atoms with Gasteiger partial charge in [-0.25, -0.2) is 4.98 Å². The Morgan fingerprint density at radius 3 is 2.48 bits per heavy atom. The van der Waals surface area contributed by atoms with Gasteiger partial charge in [0.05, 0.1) is 11.0 Å². The van der Waals surface area contributed by atoms with Gasteiger partial charge in [-0.15, -0.1) is 0 Å². The van der Waals surface area contributed by atoms with Crippen LogP contribution in [0.25, 0.3) is 16.6 Å². The fourth-order valence-electron chi connectivity index (χ4n) is 5.26. The summed E-state index contributed by atoms with van der Waals surface area (Å²) in [6.45, 7) is 7.48. The molecule has 0 bridgehead atoms. The lowest BCUT2D eigenvalue weighted by atomic mass is 9.93. The maximum absolute atomic E-state index is 13.4. The fraction of sp³-hybridized carbons (Fsp3) is 0.560. The average Bonchev–Trinajstić information content (AvgIpc) is 3.57. The van der Waals surface area contributed by atoms with Crippen molar-refractivity contribution in [1.29, 1.82) is 0 Å². The van der Waals surface area contributed by atoms with Crippen LogP contribution in [0.2, 0.25) is 0 Å². The van der Waals surface area contributed by atoms with Gasteiger partial charge in [-0.3, -0.25) is 9.59 Å². The second-order valence-corrected chi connectivity index (χ2v) is 9.59. The van der Waals surface area contributed by atoms with Crippen LogP contribution in [0, 0.1) is 0 Å². The van der Waals surface area contributed by atoms with E-state index < -0.39 is 0 Å². The number of aryl methyl sites for hydroxylation is 1. The molecule has 5 rings (SSSR count). The highest BCUT2D eigenvalue weighted by Crippen LogP contribution is 2.42. The normalized spacial score (nSPS) is 20.5. The van der Waals surface area contributed by atoms with Crippen LogP contribution in [0.15, 0.2) is 18.7 Å². The van der Waals surface area contributed by atoms with E-state index in [0.29, 0.717) is 30.9 Å². The summed E-state index contributed by atoms with van der Waals surface area (Å²) in [4.78, 5) is 34.7. The number of amides is 2. The summed E-state index contributed by atoms with van der Waals surface area (Å²) >= 11 is 0. The Morgan fingerprint density at radius 1 is 1.10 bits per heavy atom. The molecule has 1 aliphatic heterocycles. The molecule has 2 saturated carbocycles. The van der Waals surface area contributed by atoms with Crippen LogP contribution < -0.4 is 0 Å². The van der Waals surface area contributed by atoms with Crippen molar-refractivity contribution in [2.45, 2.75) is 63.8 Å². The van der Waals surface area contributed by atoms with E-state index in [4.69, 9.17) is 4.98 Å². The molecule has 0 radical (unpaired) electrons. The van der Waals surface area contributed by atoms with Crippen molar-refractivity contribution in [3.8, 4) is 0 Å². The minimum atomic E-state index is -0.156. The molecule has 31 heavy (non-hydrogen) atoms. The topological polar surface area (TPSA) is 58.4 Å². The molecule has 3 fully saturated rings. The van der Waals surface area contributed by atoms with E-state index in [9.17, 15) is 9.59 Å². The van der Waals surface area contributed by atoms with E-state index in [-0.39, 0.29) is 18.4 Å². The van der Waals surface area contributed by atoms with Crippen molar-refractivity contribution in [2.75, 3.05) is 19.6 Å². The van der Waals surface area contributed by atoms with Gasteiger partial charge in [0.1, 0.15) is 6.54 Å². The van der Waals surface area contributed by atoms with E-state index in [1.807, 2.05) is 23.4 Å². The third kappa shape index (κ3) is 3.66. The van der Waals surface area contributed by atoms with Gasteiger partial charge in [-0.2, -0.15) is 0 Å². The molecule has 3 aliphatic rings. The number of hydrogen-bond acceptors (Lipinski definition) is 3. The maximum Gasteiger partial charge on any atom is 0.290 e. The van der Waals surface area contributed by atoms with Gasteiger partial charge in [-0.05, 0) is 61.8 Å². The van der Waals surface area contributed by atoms with Crippen molar-refractivity contribution in [2.24, 2.45) is 7.05 Å². The summed E-state index contributed by atoms with van der Waals surface area (Å²) in [5.41, 5.74) is 5.09. The highest BCUT2D eigenvalue weighted by atomic mass is 16.2. The number of fused-ring (bicyclic) bond motifs is 1. The summed E-state index contributed by atoms with van der Waals surface area (Å²) in [5.74, 6) is 0.936. The van der Waals surface area contributed by atoms with Crippen LogP contribution >= 0.6 is 0 Å². The monoisotopic (exact) mass is 420 g/mol. The third-order valence-corrected chi connectivity index (χ3v) is 7.27. The van der Waals surface area contributed by atoms with Crippen LogP contribution in [-0.2, 0) is 11.8 Å². The molecular weight excluding hydrogens is 388 g/mol. The van der Waals surface area contributed by atoms with Gasteiger partial charge >= 0.3 is 0 Å². The number of benzene rings is 1. The Hall–Kier alpha value is -2.63. The predicted octanol–water partition coefficient (Wildman–Crippen LogP) is 4.10. The number of carbonyl (C=O) groups is 2. The smallest absolute Gasteiger partial charge is 0.290 e. The highest BCUT2D eigenvalue weighted by Gasteiger charge is 2.34. The van der Waals surface area contributed by atoms with E-state index in [1.165, 1.54) is 37.7 Å². The van der Waals surface area contributed by atoms with E-state index >= 15 is 0 Å². The molecule has 0 atom stereocenters. The third-order valence-electron chi connectivity index (χ3n) is 7.27. The quantitative estimate of drug-likeness (QED) is 0.748. The molecule has 6 heteroatoms. The van der Waals surface area contributed by atoms with Gasteiger partial charge in [0.25, 0.3) is 5.91 Å². The summed E-state index contributed by atoms with van der Waals surface area (Å²) in [6, 6.07) is 4.72. The zero-order valence-electron chi connectivity index (χ0n) is 18.7. The summed E-state index contributed by atoms with van der Waals surface area (Å²) in [7, 11) is 1.90. The number of carbonyl (C=O) groups excluding carboxylic acids is 2. The SMILES string of the molecule is C=C(C)c1cc(C2CC2)cc2c1nc(C(=O)N1CCN(C3CCCCC3)C(=O)C1)n2C. The van der Waals surface area contributed by atoms with Crippen LogP contribution in [0.1, 0.15) is 79.5 Å². The molecule has 1 aromatic heterocycles. The van der Waals surface area contributed by atoms with Crippen LogP contribution in [0.4, 0.5) is 0 Å². The summed E-state index contributed by atoms with van der Waals surface area (Å²) < 4.78 is 1.90. The molecule has 1 aromatic carbocycles. The van der Waals surface area contributed by atoms with E-state index in [1.54, 1.807) is 4.90 Å². The Bertz CT molecular complexity index is 1060. The Balaban J connectivity index is 1.41. The fourth-order valence-corrected chi connectivity index (χ4v) is 5.26. The second-order valence-electron chi connectivity index (χ2n) is 9.59. The molecule has 2 amide bonds. The molecule has 2 aromatic rings. The molecule has 0 spiro atoms. The summed E-state index contributed by atoms with van der Waals surface area (Å²) in [6.07, 6.45) is 8.30. The number of imidazole rings is 1. The van der Waals surface area contributed by atoms with Gasteiger partial charge < -0.3 is 14.4 Å². The van der Waals surface area contributed by atoms with Gasteiger partial charge in [0.2, 0.25) is 5.91 Å². The zero-order valence-corrected chi connectivity index (χ0v) is 18.7. The number of aromatic nitrogens is 2. The van der Waals surface area contributed by atoms with Crippen LogP contribution in [0.3, 0.4) is 0 Å².